The third-order valence-electron chi connectivity index (χ3n) is 5.31. The molecule has 29 heavy (non-hydrogen) atoms. The number of likely N-dealkylation sites (N-methyl/N-ethyl adjacent to an activating group) is 1. The maximum atomic E-state index is 13.7. The fourth-order valence-corrected chi connectivity index (χ4v) is 3.52. The van der Waals surface area contributed by atoms with Gasteiger partial charge in [-0.25, -0.2) is 0 Å². The maximum absolute atomic E-state index is 13.7. The summed E-state index contributed by atoms with van der Waals surface area (Å²) >= 11 is 0. The summed E-state index contributed by atoms with van der Waals surface area (Å²) in [6.07, 6.45) is -4.43. The summed E-state index contributed by atoms with van der Waals surface area (Å²) in [4.78, 5) is 16.5. The number of nitrogens with one attached hydrogen (secondary N) is 1. The molecule has 3 rings (SSSR count). The van der Waals surface area contributed by atoms with Crippen molar-refractivity contribution in [2.24, 2.45) is 0 Å². The molecule has 4 nitrogen and oxygen atoms in total. The molecule has 2 aromatic carbocycles. The van der Waals surface area contributed by atoms with E-state index >= 15 is 0 Å². The van der Waals surface area contributed by atoms with E-state index in [4.69, 9.17) is 0 Å². The molecule has 0 bridgehead atoms. The highest BCUT2D eigenvalue weighted by atomic mass is 19.4. The highest BCUT2D eigenvalue weighted by Gasteiger charge is 2.35. The van der Waals surface area contributed by atoms with E-state index in [-0.39, 0.29) is 18.0 Å². The van der Waals surface area contributed by atoms with E-state index in [1.54, 1.807) is 6.07 Å². The number of benzene rings is 2. The van der Waals surface area contributed by atoms with Crippen LogP contribution in [0.5, 0.6) is 0 Å². The van der Waals surface area contributed by atoms with Crippen LogP contribution in [-0.2, 0) is 11.0 Å². The lowest BCUT2D eigenvalue weighted by Gasteiger charge is -2.34. The largest absolute Gasteiger partial charge is 0.418 e. The van der Waals surface area contributed by atoms with Crippen LogP contribution in [0.3, 0.4) is 0 Å². The fourth-order valence-electron chi connectivity index (χ4n) is 3.52. The molecule has 1 atom stereocenters. The van der Waals surface area contributed by atoms with E-state index in [0.717, 1.165) is 24.7 Å². The van der Waals surface area contributed by atoms with Crippen molar-refractivity contribution in [3.8, 4) is 0 Å². The van der Waals surface area contributed by atoms with E-state index in [9.17, 15) is 18.0 Å². The first-order valence-electron chi connectivity index (χ1n) is 9.73. The van der Waals surface area contributed by atoms with Gasteiger partial charge in [0.1, 0.15) is 0 Å². The Morgan fingerprint density at radius 1 is 1.07 bits per heavy atom. The minimum absolute atomic E-state index is 0.0878. The van der Waals surface area contributed by atoms with Gasteiger partial charge in [-0.15, -0.1) is 0 Å². The van der Waals surface area contributed by atoms with Crippen LogP contribution in [-0.4, -0.2) is 44.0 Å². The topological polar surface area (TPSA) is 35.6 Å². The minimum atomic E-state index is -4.55. The van der Waals surface area contributed by atoms with Gasteiger partial charge in [-0.3, -0.25) is 4.79 Å². The van der Waals surface area contributed by atoms with E-state index in [0.29, 0.717) is 18.8 Å². The standard InChI is InChI=1S/C22H26F3N3O/c1-16(17-6-4-3-5-7-17)14-21(29)26-20-9-8-18(15-19(20)22(23,24)25)28-12-10-27(2)11-13-28/h3-9,15-16H,10-14H2,1-2H3,(H,26,29). The molecule has 1 unspecified atom stereocenters. The summed E-state index contributed by atoms with van der Waals surface area (Å²) < 4.78 is 41.0. The van der Waals surface area contributed by atoms with Crippen LogP contribution in [0.25, 0.3) is 0 Å². The second-order valence-corrected chi connectivity index (χ2v) is 7.58. The molecule has 1 aliphatic rings. The summed E-state index contributed by atoms with van der Waals surface area (Å²) in [5, 5.41) is 2.47. The van der Waals surface area contributed by atoms with E-state index in [1.165, 1.54) is 6.07 Å². The third kappa shape index (κ3) is 5.50. The van der Waals surface area contributed by atoms with Crippen molar-refractivity contribution in [3.63, 3.8) is 0 Å². The summed E-state index contributed by atoms with van der Waals surface area (Å²) in [6.45, 7) is 4.84. The van der Waals surface area contributed by atoms with Gasteiger partial charge in [0.25, 0.3) is 0 Å². The van der Waals surface area contributed by atoms with Crippen molar-refractivity contribution in [2.45, 2.75) is 25.4 Å². The molecule has 2 aromatic rings. The SMILES string of the molecule is CC(CC(=O)Nc1ccc(N2CCN(C)CC2)cc1C(F)(F)F)c1ccccc1. The second kappa shape index (κ2) is 8.86. The number of hydrogen-bond acceptors (Lipinski definition) is 3. The van der Waals surface area contributed by atoms with Gasteiger partial charge in [0.05, 0.1) is 11.3 Å². The second-order valence-electron chi connectivity index (χ2n) is 7.58. The first kappa shape index (κ1) is 21.2. The van der Waals surface area contributed by atoms with Crippen LogP contribution in [0, 0.1) is 0 Å². The van der Waals surface area contributed by atoms with Gasteiger partial charge in [-0.05, 0) is 36.7 Å². The summed E-state index contributed by atoms with van der Waals surface area (Å²) in [5.41, 5.74) is 0.500. The number of carbonyl (C=O) groups excluding carboxylic acids is 1. The van der Waals surface area contributed by atoms with Crippen LogP contribution >= 0.6 is 0 Å². The van der Waals surface area contributed by atoms with Crippen molar-refractivity contribution in [1.82, 2.24) is 4.90 Å². The van der Waals surface area contributed by atoms with Crippen LogP contribution in [0.15, 0.2) is 48.5 Å². The summed E-state index contributed by atoms with van der Waals surface area (Å²) in [6, 6.07) is 13.6. The number of halogens is 3. The number of rotatable bonds is 5. The number of hydrogen-bond donors (Lipinski definition) is 1. The Labute approximate surface area is 169 Å². The lowest BCUT2D eigenvalue weighted by molar-refractivity contribution is -0.136. The normalized spacial score (nSPS) is 16.5. The molecule has 0 saturated carbocycles. The van der Waals surface area contributed by atoms with Gasteiger partial charge < -0.3 is 15.1 Å². The molecule has 1 fully saturated rings. The number of piperazine rings is 1. The van der Waals surface area contributed by atoms with E-state index in [2.05, 4.69) is 10.2 Å². The van der Waals surface area contributed by atoms with Gasteiger partial charge >= 0.3 is 6.18 Å². The molecule has 7 heteroatoms. The minimum Gasteiger partial charge on any atom is -0.369 e. The molecular weight excluding hydrogens is 379 g/mol. The van der Waals surface area contributed by atoms with Crippen molar-refractivity contribution in [3.05, 3.63) is 59.7 Å². The molecule has 1 saturated heterocycles. The fraction of sp³-hybridized carbons (Fsp3) is 0.409. The van der Waals surface area contributed by atoms with Crippen molar-refractivity contribution < 1.29 is 18.0 Å². The maximum Gasteiger partial charge on any atom is 0.418 e. The van der Waals surface area contributed by atoms with Gasteiger partial charge in [0.2, 0.25) is 5.91 Å². The van der Waals surface area contributed by atoms with Crippen molar-refractivity contribution >= 4 is 17.3 Å². The first-order chi connectivity index (χ1) is 13.7. The molecule has 0 aliphatic carbocycles. The molecule has 0 aromatic heterocycles. The molecule has 0 radical (unpaired) electrons. The Hall–Kier alpha value is -2.54. The molecule has 156 valence electrons. The zero-order valence-electron chi connectivity index (χ0n) is 16.7. The average Bonchev–Trinajstić information content (AvgIpc) is 2.68. The summed E-state index contributed by atoms with van der Waals surface area (Å²) in [7, 11) is 1.99. The Balaban J connectivity index is 1.75. The monoisotopic (exact) mass is 405 g/mol. The summed E-state index contributed by atoms with van der Waals surface area (Å²) in [5.74, 6) is -0.519. The number of carbonyl (C=O) groups is 1. The van der Waals surface area contributed by atoms with Gasteiger partial charge in [0.15, 0.2) is 0 Å². The van der Waals surface area contributed by atoms with Crippen molar-refractivity contribution in [1.29, 1.82) is 0 Å². The lowest BCUT2D eigenvalue weighted by Crippen LogP contribution is -2.44. The molecule has 1 N–H and O–H groups in total. The lowest BCUT2D eigenvalue weighted by atomic mass is 9.97. The Morgan fingerprint density at radius 2 is 1.72 bits per heavy atom. The highest BCUT2D eigenvalue weighted by Crippen LogP contribution is 2.37. The number of anilines is 2. The van der Waals surface area contributed by atoms with Crippen LogP contribution in [0.2, 0.25) is 0 Å². The zero-order valence-corrected chi connectivity index (χ0v) is 16.7. The quantitative estimate of drug-likeness (QED) is 0.790. The smallest absolute Gasteiger partial charge is 0.369 e. The van der Waals surface area contributed by atoms with Crippen LogP contribution < -0.4 is 10.2 Å². The molecule has 1 heterocycles. The zero-order chi connectivity index (χ0) is 21.0. The predicted molar refractivity (Wildman–Crippen MR) is 109 cm³/mol. The molecule has 0 spiro atoms. The molecule has 1 aliphatic heterocycles. The Bertz CT molecular complexity index is 831. The Morgan fingerprint density at radius 3 is 2.34 bits per heavy atom. The highest BCUT2D eigenvalue weighted by molar-refractivity contribution is 5.92. The average molecular weight is 405 g/mol. The van der Waals surface area contributed by atoms with E-state index in [1.807, 2.05) is 49.2 Å². The molecule has 1 amide bonds. The van der Waals surface area contributed by atoms with E-state index < -0.39 is 17.6 Å². The third-order valence-corrected chi connectivity index (χ3v) is 5.31. The van der Waals surface area contributed by atoms with Gasteiger partial charge in [-0.1, -0.05) is 37.3 Å². The number of nitrogens with zero attached hydrogens (tertiary/aromatic N) is 2. The van der Waals surface area contributed by atoms with Gasteiger partial charge in [0, 0.05) is 38.3 Å². The van der Waals surface area contributed by atoms with Gasteiger partial charge in [-0.2, -0.15) is 13.2 Å². The number of amides is 1. The molecular formula is C22H26F3N3O. The Kier molecular flexibility index (Phi) is 6.47. The van der Waals surface area contributed by atoms with Crippen LogP contribution in [0.1, 0.15) is 30.4 Å². The predicted octanol–water partition coefficient (Wildman–Crippen LogP) is 4.59. The van der Waals surface area contributed by atoms with Crippen LogP contribution in [0.4, 0.5) is 24.5 Å². The van der Waals surface area contributed by atoms with Crippen molar-refractivity contribution in [2.75, 3.05) is 43.4 Å². The number of alkyl halides is 3. The first-order valence-corrected chi connectivity index (χ1v) is 9.73.